The molecule has 0 aliphatic carbocycles. The third kappa shape index (κ3) is 2.31. The van der Waals surface area contributed by atoms with Crippen LogP contribution >= 0.6 is 0 Å². The Morgan fingerprint density at radius 1 is 1.23 bits per heavy atom. The quantitative estimate of drug-likeness (QED) is 0.786. The molecule has 5 heteroatoms. The van der Waals surface area contributed by atoms with Crippen LogP contribution in [0.15, 0.2) is 48.5 Å². The van der Waals surface area contributed by atoms with Crippen LogP contribution in [-0.4, -0.2) is 10.5 Å². The van der Waals surface area contributed by atoms with Crippen molar-refractivity contribution in [3.63, 3.8) is 0 Å². The molecule has 2 aromatic carbocycles. The number of fused-ring (bicyclic) bond motifs is 1. The molecule has 0 saturated carbocycles. The Bertz CT molecular complexity index is 921. The van der Waals surface area contributed by atoms with Crippen LogP contribution in [0.5, 0.6) is 0 Å². The largest absolute Gasteiger partial charge is 0.337 e. The Kier molecular flexibility index (Phi) is 3.36. The maximum atomic E-state index is 13.9. The normalized spacial score (nSPS) is 10.4. The average Bonchev–Trinajstić information content (AvgIpc) is 2.86. The van der Waals surface area contributed by atoms with Crippen LogP contribution in [0.3, 0.4) is 0 Å². The number of para-hydroxylation sites is 1. The number of carbonyl (C=O) groups excluding carboxylic acids is 1. The molecule has 1 N–H and O–H groups in total. The molecule has 0 spiro atoms. The maximum Gasteiger partial charge on any atom is 0.272 e. The molecule has 0 fully saturated rings. The predicted molar refractivity (Wildman–Crippen MR) is 82.0 cm³/mol. The average molecular weight is 293 g/mol. The summed E-state index contributed by atoms with van der Waals surface area (Å²) in [6, 6.07) is 15.0. The summed E-state index contributed by atoms with van der Waals surface area (Å²) in [6.45, 7) is 0. The first-order valence-electron chi connectivity index (χ1n) is 6.65. The van der Waals surface area contributed by atoms with Gasteiger partial charge in [-0.3, -0.25) is 4.79 Å². The molecule has 3 rings (SSSR count). The summed E-state index contributed by atoms with van der Waals surface area (Å²) < 4.78 is 15.4. The molecule has 1 amide bonds. The number of hydrogen-bond donors (Lipinski definition) is 1. The molecule has 3 aromatic rings. The van der Waals surface area contributed by atoms with Crippen molar-refractivity contribution >= 4 is 22.5 Å². The SMILES string of the molecule is Cn1c(C(=O)Nc2cccc(C#N)c2)cc2cccc(F)c21. The first-order chi connectivity index (χ1) is 10.6. The lowest BCUT2D eigenvalue weighted by molar-refractivity contribution is 0.101. The minimum Gasteiger partial charge on any atom is -0.337 e. The molecule has 1 heterocycles. The molecule has 0 radical (unpaired) electrons. The van der Waals surface area contributed by atoms with Gasteiger partial charge in [-0.2, -0.15) is 5.26 Å². The summed E-state index contributed by atoms with van der Waals surface area (Å²) in [7, 11) is 1.64. The van der Waals surface area contributed by atoms with Gasteiger partial charge in [0.25, 0.3) is 5.91 Å². The van der Waals surface area contributed by atoms with E-state index in [1.54, 1.807) is 49.5 Å². The molecular formula is C17H12FN3O. The lowest BCUT2D eigenvalue weighted by atomic mass is 10.2. The zero-order valence-electron chi connectivity index (χ0n) is 11.8. The van der Waals surface area contributed by atoms with E-state index in [1.807, 2.05) is 6.07 Å². The molecule has 1 aromatic heterocycles. The van der Waals surface area contributed by atoms with E-state index in [-0.39, 0.29) is 11.7 Å². The van der Waals surface area contributed by atoms with E-state index in [9.17, 15) is 9.18 Å². The van der Waals surface area contributed by atoms with Crippen molar-refractivity contribution in [2.24, 2.45) is 7.05 Å². The summed E-state index contributed by atoms with van der Waals surface area (Å²) in [4.78, 5) is 12.4. The van der Waals surface area contributed by atoms with E-state index >= 15 is 0 Å². The molecule has 22 heavy (non-hydrogen) atoms. The van der Waals surface area contributed by atoms with Gasteiger partial charge in [0.1, 0.15) is 11.5 Å². The number of anilines is 1. The molecule has 4 nitrogen and oxygen atoms in total. The van der Waals surface area contributed by atoms with Crippen molar-refractivity contribution in [1.82, 2.24) is 4.57 Å². The molecular weight excluding hydrogens is 281 g/mol. The standard InChI is InChI=1S/C17H12FN3O/c1-21-15(9-12-5-3-7-14(18)16(12)21)17(22)20-13-6-2-4-11(8-13)10-19/h2-9H,1H3,(H,20,22). The van der Waals surface area contributed by atoms with Crippen LogP contribution in [0.2, 0.25) is 0 Å². The van der Waals surface area contributed by atoms with Crippen molar-refractivity contribution in [3.8, 4) is 6.07 Å². The molecule has 0 saturated heterocycles. The van der Waals surface area contributed by atoms with Gasteiger partial charge in [0, 0.05) is 18.1 Å². The first-order valence-corrected chi connectivity index (χ1v) is 6.65. The number of aromatic nitrogens is 1. The molecule has 0 atom stereocenters. The van der Waals surface area contributed by atoms with Gasteiger partial charge in [0.15, 0.2) is 0 Å². The second-order valence-electron chi connectivity index (χ2n) is 4.91. The highest BCUT2D eigenvalue weighted by atomic mass is 19.1. The maximum absolute atomic E-state index is 13.9. The van der Waals surface area contributed by atoms with Crippen LogP contribution in [0, 0.1) is 17.1 Å². The Balaban J connectivity index is 1.97. The minimum atomic E-state index is -0.370. The third-order valence-electron chi connectivity index (χ3n) is 3.49. The predicted octanol–water partition coefficient (Wildman–Crippen LogP) is 3.44. The number of amides is 1. The number of carbonyl (C=O) groups is 1. The van der Waals surface area contributed by atoms with Crippen molar-refractivity contribution in [2.45, 2.75) is 0 Å². The van der Waals surface area contributed by atoms with E-state index in [0.717, 1.165) is 0 Å². The summed E-state index contributed by atoms with van der Waals surface area (Å²) in [6.07, 6.45) is 0. The van der Waals surface area contributed by atoms with Crippen LogP contribution < -0.4 is 5.32 Å². The van der Waals surface area contributed by atoms with E-state index in [1.165, 1.54) is 10.6 Å². The van der Waals surface area contributed by atoms with E-state index in [2.05, 4.69) is 5.32 Å². The Labute approximate surface area is 126 Å². The fraction of sp³-hybridized carbons (Fsp3) is 0.0588. The third-order valence-corrected chi connectivity index (χ3v) is 3.49. The summed E-state index contributed by atoms with van der Waals surface area (Å²) in [5, 5.41) is 12.3. The smallest absolute Gasteiger partial charge is 0.272 e. The first kappa shape index (κ1) is 13.8. The number of halogens is 1. The van der Waals surface area contributed by atoms with Gasteiger partial charge in [0.05, 0.1) is 17.1 Å². The van der Waals surface area contributed by atoms with Crippen molar-refractivity contribution in [1.29, 1.82) is 5.26 Å². The zero-order chi connectivity index (χ0) is 15.7. The van der Waals surface area contributed by atoms with E-state index in [0.29, 0.717) is 27.8 Å². The zero-order valence-corrected chi connectivity index (χ0v) is 11.8. The molecule has 0 aliphatic heterocycles. The fourth-order valence-corrected chi connectivity index (χ4v) is 2.45. The van der Waals surface area contributed by atoms with Crippen molar-refractivity contribution in [3.05, 3.63) is 65.6 Å². The highest BCUT2D eigenvalue weighted by molar-refractivity contribution is 6.06. The number of nitrogens with zero attached hydrogens (tertiary/aromatic N) is 2. The number of hydrogen-bond acceptors (Lipinski definition) is 2. The number of nitrogens with one attached hydrogen (secondary N) is 1. The summed E-state index contributed by atoms with van der Waals surface area (Å²) in [5.41, 5.74) is 1.72. The molecule has 0 aliphatic rings. The fourth-order valence-electron chi connectivity index (χ4n) is 2.45. The van der Waals surface area contributed by atoms with Gasteiger partial charge >= 0.3 is 0 Å². The van der Waals surface area contributed by atoms with Gasteiger partial charge in [-0.25, -0.2) is 4.39 Å². The van der Waals surface area contributed by atoms with E-state index < -0.39 is 0 Å². The van der Waals surface area contributed by atoms with Gasteiger partial charge in [-0.15, -0.1) is 0 Å². The lowest BCUT2D eigenvalue weighted by Crippen LogP contribution is -2.15. The van der Waals surface area contributed by atoms with Crippen LogP contribution in [-0.2, 0) is 7.05 Å². The molecule has 0 bridgehead atoms. The monoisotopic (exact) mass is 293 g/mol. The van der Waals surface area contributed by atoms with Crippen LogP contribution in [0.25, 0.3) is 10.9 Å². The topological polar surface area (TPSA) is 57.8 Å². The summed E-state index contributed by atoms with van der Waals surface area (Å²) >= 11 is 0. The van der Waals surface area contributed by atoms with Crippen LogP contribution in [0.1, 0.15) is 16.1 Å². The second kappa shape index (κ2) is 5.34. The minimum absolute atomic E-state index is 0.350. The molecule has 108 valence electrons. The highest BCUT2D eigenvalue weighted by Crippen LogP contribution is 2.22. The number of aryl methyl sites for hydroxylation is 1. The van der Waals surface area contributed by atoms with E-state index in [4.69, 9.17) is 5.26 Å². The highest BCUT2D eigenvalue weighted by Gasteiger charge is 2.15. The lowest BCUT2D eigenvalue weighted by Gasteiger charge is -2.07. The van der Waals surface area contributed by atoms with Gasteiger partial charge in [0.2, 0.25) is 0 Å². The number of nitriles is 1. The van der Waals surface area contributed by atoms with Gasteiger partial charge in [-0.1, -0.05) is 18.2 Å². The van der Waals surface area contributed by atoms with Gasteiger partial charge < -0.3 is 9.88 Å². The van der Waals surface area contributed by atoms with Crippen molar-refractivity contribution in [2.75, 3.05) is 5.32 Å². The van der Waals surface area contributed by atoms with Crippen molar-refractivity contribution < 1.29 is 9.18 Å². The number of rotatable bonds is 2. The summed E-state index contributed by atoms with van der Waals surface area (Å²) in [5.74, 6) is -0.723. The number of benzene rings is 2. The Hall–Kier alpha value is -3.13. The molecule has 0 unspecified atom stereocenters. The Morgan fingerprint density at radius 2 is 2.00 bits per heavy atom. The second-order valence-corrected chi connectivity index (χ2v) is 4.91. The van der Waals surface area contributed by atoms with Crippen LogP contribution in [0.4, 0.5) is 10.1 Å². The Morgan fingerprint density at radius 3 is 2.73 bits per heavy atom. The van der Waals surface area contributed by atoms with Gasteiger partial charge in [-0.05, 0) is 30.3 Å².